The van der Waals surface area contributed by atoms with Crippen molar-refractivity contribution in [2.45, 2.75) is 0 Å². The minimum atomic E-state index is 0.695. The molecule has 0 saturated heterocycles. The molecule has 6 aromatic carbocycles. The molecule has 8 aromatic rings. The van der Waals surface area contributed by atoms with Gasteiger partial charge in [0.15, 0.2) is 5.82 Å². The molecule has 0 radical (unpaired) electrons. The highest BCUT2D eigenvalue weighted by Gasteiger charge is 2.20. The summed E-state index contributed by atoms with van der Waals surface area (Å²) in [5.74, 6) is 2.47. The van der Waals surface area contributed by atoms with E-state index in [9.17, 15) is 0 Å². The summed E-state index contributed by atoms with van der Waals surface area (Å²) < 4.78 is 6.43. The van der Waals surface area contributed by atoms with Crippen LogP contribution < -0.4 is 4.74 Å². The zero-order valence-electron chi connectivity index (χ0n) is 25.3. The molecule has 1 aliphatic rings. The van der Waals surface area contributed by atoms with Crippen molar-refractivity contribution < 1.29 is 4.74 Å². The maximum atomic E-state index is 6.43. The molecular weight excluding hydrogens is 574 g/mol. The first-order valence-corrected chi connectivity index (χ1v) is 15.7. The molecule has 0 aliphatic carbocycles. The summed E-state index contributed by atoms with van der Waals surface area (Å²) in [5.41, 5.74) is 11.5. The monoisotopic (exact) mass is 601 g/mol. The van der Waals surface area contributed by atoms with Crippen molar-refractivity contribution in [2.24, 2.45) is 0 Å². The summed E-state index contributed by atoms with van der Waals surface area (Å²) in [4.78, 5) is 14.3. The van der Waals surface area contributed by atoms with Gasteiger partial charge in [-0.25, -0.2) is 9.97 Å². The quantitative estimate of drug-likeness (QED) is 0.197. The largest absolute Gasteiger partial charge is 0.456 e. The molecule has 0 unspecified atom stereocenters. The number of rotatable bonds is 5. The van der Waals surface area contributed by atoms with E-state index in [4.69, 9.17) is 14.7 Å². The lowest BCUT2D eigenvalue weighted by atomic mass is 9.93. The minimum Gasteiger partial charge on any atom is -0.456 e. The normalized spacial score (nSPS) is 11.6. The number of hydrogen-bond donors (Lipinski definition) is 0. The molecule has 3 heterocycles. The highest BCUT2D eigenvalue weighted by molar-refractivity contribution is 6.04. The molecule has 220 valence electrons. The van der Waals surface area contributed by atoms with Crippen molar-refractivity contribution in [2.75, 3.05) is 0 Å². The van der Waals surface area contributed by atoms with Crippen LogP contribution in [0.4, 0.5) is 0 Å². The maximum absolute atomic E-state index is 6.43. The fourth-order valence-electron chi connectivity index (χ4n) is 6.40. The topological polar surface area (TPSA) is 47.9 Å². The lowest BCUT2D eigenvalue weighted by Crippen LogP contribution is -1.97. The van der Waals surface area contributed by atoms with E-state index in [1.807, 2.05) is 42.6 Å². The molecule has 0 fully saturated rings. The highest BCUT2D eigenvalue weighted by Crippen LogP contribution is 2.47. The summed E-state index contributed by atoms with van der Waals surface area (Å²) in [6.45, 7) is 0. The summed E-state index contributed by atoms with van der Waals surface area (Å²) in [5, 5.41) is 2.36. The average molecular weight is 602 g/mol. The number of pyridine rings is 1. The highest BCUT2D eigenvalue weighted by atomic mass is 16.5. The van der Waals surface area contributed by atoms with Gasteiger partial charge >= 0.3 is 0 Å². The Hall–Kier alpha value is -6.39. The third-order valence-electron chi connectivity index (χ3n) is 8.81. The van der Waals surface area contributed by atoms with E-state index in [1.54, 1.807) is 6.20 Å². The van der Waals surface area contributed by atoms with Crippen LogP contribution in [0.1, 0.15) is 0 Å². The van der Waals surface area contributed by atoms with E-state index in [0.29, 0.717) is 5.82 Å². The fourth-order valence-corrected chi connectivity index (χ4v) is 6.40. The standard InChI is InChI=1S/C43H27N3O/c1-2-7-33(8-3-1)43-45-38(26-39(46-43)31-20-16-29(17-21-31)35-11-6-24-44-27-35)30-18-14-28(15-19-30)34-22-23-36-37-12-4-9-32-10-5-13-40(42(32)37)47-41(36)25-34/h1-27H. The lowest BCUT2D eigenvalue weighted by molar-refractivity contribution is 0.487. The first-order chi connectivity index (χ1) is 23.3. The van der Waals surface area contributed by atoms with Crippen molar-refractivity contribution in [3.63, 3.8) is 0 Å². The average Bonchev–Trinajstić information content (AvgIpc) is 3.15. The zero-order valence-corrected chi connectivity index (χ0v) is 25.3. The van der Waals surface area contributed by atoms with Gasteiger partial charge in [0.25, 0.3) is 0 Å². The van der Waals surface area contributed by atoms with E-state index in [-0.39, 0.29) is 0 Å². The van der Waals surface area contributed by atoms with E-state index in [1.165, 1.54) is 16.3 Å². The second-order valence-corrected chi connectivity index (χ2v) is 11.7. The Morgan fingerprint density at radius 1 is 0.404 bits per heavy atom. The van der Waals surface area contributed by atoms with Crippen LogP contribution in [0.2, 0.25) is 0 Å². The minimum absolute atomic E-state index is 0.695. The maximum Gasteiger partial charge on any atom is 0.160 e. The molecule has 0 saturated carbocycles. The number of benzene rings is 6. The van der Waals surface area contributed by atoms with Gasteiger partial charge in [-0.3, -0.25) is 4.98 Å². The third-order valence-corrected chi connectivity index (χ3v) is 8.81. The summed E-state index contributed by atoms with van der Waals surface area (Å²) in [6.07, 6.45) is 3.67. The molecule has 47 heavy (non-hydrogen) atoms. The smallest absolute Gasteiger partial charge is 0.160 e. The molecule has 2 aromatic heterocycles. The zero-order chi connectivity index (χ0) is 31.2. The molecule has 4 nitrogen and oxygen atoms in total. The van der Waals surface area contributed by atoms with Crippen molar-refractivity contribution in [1.29, 1.82) is 0 Å². The van der Waals surface area contributed by atoms with E-state index in [2.05, 4.69) is 120 Å². The molecule has 0 N–H and O–H groups in total. The predicted molar refractivity (Wildman–Crippen MR) is 190 cm³/mol. The van der Waals surface area contributed by atoms with Crippen LogP contribution in [-0.2, 0) is 0 Å². The summed E-state index contributed by atoms with van der Waals surface area (Å²) in [6, 6.07) is 52.4. The lowest BCUT2D eigenvalue weighted by Gasteiger charge is -2.22. The second-order valence-electron chi connectivity index (χ2n) is 11.7. The van der Waals surface area contributed by atoms with Gasteiger partial charge < -0.3 is 4.74 Å². The van der Waals surface area contributed by atoms with Gasteiger partial charge in [-0.15, -0.1) is 0 Å². The van der Waals surface area contributed by atoms with Gasteiger partial charge in [0, 0.05) is 40.0 Å². The van der Waals surface area contributed by atoms with Crippen LogP contribution >= 0.6 is 0 Å². The van der Waals surface area contributed by atoms with Gasteiger partial charge in [0.2, 0.25) is 0 Å². The summed E-state index contributed by atoms with van der Waals surface area (Å²) >= 11 is 0. The SMILES string of the molecule is c1ccc(-c2nc(-c3ccc(-c4cccnc4)cc3)cc(-c3ccc(-c4ccc5c(c4)Oc4cccc6cccc-5c46)cc3)n2)cc1. The Morgan fingerprint density at radius 2 is 1.04 bits per heavy atom. The van der Waals surface area contributed by atoms with Crippen LogP contribution in [0.15, 0.2) is 164 Å². The molecule has 4 heteroatoms. The Labute approximate surface area is 272 Å². The molecule has 0 amide bonds. The number of nitrogens with zero attached hydrogens (tertiary/aromatic N) is 3. The fraction of sp³-hybridized carbons (Fsp3) is 0. The second kappa shape index (κ2) is 11.2. The molecular formula is C43H27N3O. The van der Waals surface area contributed by atoms with Gasteiger partial charge in [0.05, 0.1) is 11.4 Å². The van der Waals surface area contributed by atoms with Gasteiger partial charge in [-0.2, -0.15) is 0 Å². The van der Waals surface area contributed by atoms with Crippen LogP contribution in [0.25, 0.3) is 78.1 Å². The van der Waals surface area contributed by atoms with Gasteiger partial charge in [0.1, 0.15) is 11.5 Å². The Bertz CT molecular complexity index is 2400. The number of fused-ring (bicyclic) bond motifs is 2. The van der Waals surface area contributed by atoms with Crippen molar-refractivity contribution in [3.05, 3.63) is 164 Å². The van der Waals surface area contributed by atoms with Crippen LogP contribution in [-0.4, -0.2) is 15.0 Å². The van der Waals surface area contributed by atoms with Gasteiger partial charge in [-0.05, 0) is 63.5 Å². The number of aromatic nitrogens is 3. The van der Waals surface area contributed by atoms with Crippen LogP contribution in [0, 0.1) is 0 Å². The van der Waals surface area contributed by atoms with E-state index >= 15 is 0 Å². The third kappa shape index (κ3) is 4.93. The molecule has 9 rings (SSSR count). The molecule has 0 bridgehead atoms. The Balaban J connectivity index is 1.07. The van der Waals surface area contributed by atoms with Crippen molar-refractivity contribution >= 4 is 10.8 Å². The van der Waals surface area contributed by atoms with Crippen LogP contribution in [0.5, 0.6) is 11.5 Å². The first kappa shape index (κ1) is 27.0. The summed E-state index contributed by atoms with van der Waals surface area (Å²) in [7, 11) is 0. The first-order valence-electron chi connectivity index (χ1n) is 15.7. The Kier molecular flexibility index (Phi) is 6.43. The molecule has 0 atom stereocenters. The van der Waals surface area contributed by atoms with E-state index in [0.717, 1.165) is 67.4 Å². The predicted octanol–water partition coefficient (Wildman–Crippen LogP) is 11.1. The van der Waals surface area contributed by atoms with E-state index < -0.39 is 0 Å². The Morgan fingerprint density at radius 3 is 1.74 bits per heavy atom. The van der Waals surface area contributed by atoms with Crippen molar-refractivity contribution in [3.8, 4) is 78.8 Å². The molecule has 0 spiro atoms. The van der Waals surface area contributed by atoms with Gasteiger partial charge in [-0.1, -0.05) is 121 Å². The number of ether oxygens (including phenoxy) is 1. The van der Waals surface area contributed by atoms with Crippen LogP contribution in [0.3, 0.4) is 0 Å². The number of hydrogen-bond acceptors (Lipinski definition) is 4. The molecule has 1 aliphatic heterocycles. The van der Waals surface area contributed by atoms with Crippen molar-refractivity contribution in [1.82, 2.24) is 15.0 Å².